The van der Waals surface area contributed by atoms with E-state index in [9.17, 15) is 4.79 Å². The van der Waals surface area contributed by atoms with Crippen LogP contribution in [-0.2, 0) is 0 Å². The number of nitrogens with two attached hydrogens (primary N) is 1. The molecule has 5 nitrogen and oxygen atoms in total. The summed E-state index contributed by atoms with van der Waals surface area (Å²) in [6, 6.07) is 12.3. The van der Waals surface area contributed by atoms with Crippen molar-refractivity contribution in [3.8, 4) is 5.75 Å². The quantitative estimate of drug-likeness (QED) is 0.198. The molecule has 6 heteroatoms. The van der Waals surface area contributed by atoms with Gasteiger partial charge in [0, 0.05) is 11.3 Å². The lowest BCUT2D eigenvalue weighted by molar-refractivity contribution is 0.0956. The summed E-state index contributed by atoms with van der Waals surface area (Å²) < 4.78 is 5.77. The van der Waals surface area contributed by atoms with Crippen LogP contribution in [0.5, 0.6) is 5.75 Å². The average Bonchev–Trinajstić information content (AvgIpc) is 2.71. The second-order valence-electron chi connectivity index (χ2n) is 6.94. The second-order valence-corrected chi connectivity index (χ2v) is 7.35. The maximum Gasteiger partial charge on any atom is 0.273 e. The number of carbonyl (C=O) groups is 1. The van der Waals surface area contributed by atoms with Crippen molar-refractivity contribution in [2.45, 2.75) is 51.9 Å². The highest BCUT2D eigenvalue weighted by atomic mass is 35.5. The number of amides is 1. The Bertz CT molecular complexity index is 808. The monoisotopic (exact) mass is 415 g/mol. The number of halogens is 1. The van der Waals surface area contributed by atoms with E-state index in [4.69, 9.17) is 22.1 Å². The number of anilines is 1. The van der Waals surface area contributed by atoms with Crippen LogP contribution in [0.15, 0.2) is 47.6 Å². The smallest absolute Gasteiger partial charge is 0.273 e. The summed E-state index contributed by atoms with van der Waals surface area (Å²) in [5, 5.41) is 4.47. The number of hydrogen-bond donors (Lipinski definition) is 2. The molecule has 29 heavy (non-hydrogen) atoms. The van der Waals surface area contributed by atoms with Crippen molar-refractivity contribution in [1.29, 1.82) is 0 Å². The number of nitrogen functional groups attached to an aromatic ring is 1. The molecule has 0 aliphatic rings. The molecule has 0 radical (unpaired) electrons. The topological polar surface area (TPSA) is 76.7 Å². The number of hydrazone groups is 1. The van der Waals surface area contributed by atoms with Crippen LogP contribution in [0, 0.1) is 0 Å². The van der Waals surface area contributed by atoms with Gasteiger partial charge in [0.15, 0.2) is 0 Å². The van der Waals surface area contributed by atoms with Crippen molar-refractivity contribution in [3.63, 3.8) is 0 Å². The summed E-state index contributed by atoms with van der Waals surface area (Å²) in [7, 11) is 0. The van der Waals surface area contributed by atoms with Crippen LogP contribution in [0.25, 0.3) is 0 Å². The zero-order valence-electron chi connectivity index (χ0n) is 17.0. The molecular weight excluding hydrogens is 386 g/mol. The number of ether oxygens (including phenoxy) is 1. The predicted octanol–water partition coefficient (Wildman–Crippen LogP) is 5.82. The maximum absolute atomic E-state index is 12.1. The number of nitrogens with one attached hydrogen (secondary N) is 1. The number of nitrogens with zero attached hydrogens (tertiary/aromatic N) is 1. The normalized spacial score (nSPS) is 11.0. The molecule has 0 aliphatic carbocycles. The number of unbranched alkanes of at least 4 members (excludes halogenated alkanes) is 6. The Morgan fingerprint density at radius 1 is 1.10 bits per heavy atom. The third kappa shape index (κ3) is 8.16. The van der Waals surface area contributed by atoms with Gasteiger partial charge < -0.3 is 10.5 Å². The van der Waals surface area contributed by atoms with E-state index in [1.165, 1.54) is 44.7 Å². The van der Waals surface area contributed by atoms with E-state index in [2.05, 4.69) is 17.5 Å². The molecule has 0 saturated heterocycles. The molecule has 2 rings (SSSR count). The van der Waals surface area contributed by atoms with E-state index in [0.29, 0.717) is 28.4 Å². The molecule has 0 saturated carbocycles. The molecule has 3 N–H and O–H groups in total. The molecule has 0 heterocycles. The van der Waals surface area contributed by atoms with Gasteiger partial charge in [-0.05, 0) is 36.8 Å². The number of benzene rings is 2. The lowest BCUT2D eigenvalue weighted by Crippen LogP contribution is -2.19. The first-order valence-corrected chi connectivity index (χ1v) is 10.6. The fraction of sp³-hybridized carbons (Fsp3) is 0.391. The van der Waals surface area contributed by atoms with Crippen molar-refractivity contribution in [3.05, 3.63) is 58.6 Å². The minimum atomic E-state index is -0.370. The molecule has 156 valence electrons. The van der Waals surface area contributed by atoms with Crippen molar-refractivity contribution < 1.29 is 9.53 Å². The van der Waals surface area contributed by atoms with Gasteiger partial charge in [0.25, 0.3) is 5.91 Å². The first-order chi connectivity index (χ1) is 14.1. The number of rotatable bonds is 12. The molecule has 0 unspecified atom stereocenters. The van der Waals surface area contributed by atoms with Crippen LogP contribution in [-0.4, -0.2) is 18.7 Å². The van der Waals surface area contributed by atoms with Gasteiger partial charge in [-0.25, -0.2) is 5.43 Å². The third-order valence-electron chi connectivity index (χ3n) is 4.56. The molecule has 0 atom stereocenters. The van der Waals surface area contributed by atoms with Gasteiger partial charge in [0.2, 0.25) is 0 Å². The summed E-state index contributed by atoms with van der Waals surface area (Å²) in [4.78, 5) is 12.1. The fourth-order valence-electron chi connectivity index (χ4n) is 2.88. The Morgan fingerprint density at radius 2 is 1.83 bits per heavy atom. The summed E-state index contributed by atoms with van der Waals surface area (Å²) in [6.07, 6.45) is 10.2. The summed E-state index contributed by atoms with van der Waals surface area (Å²) in [5.74, 6) is 0.365. The Balaban J connectivity index is 1.75. The first kappa shape index (κ1) is 22.8. The Kier molecular flexibility index (Phi) is 10.1. The van der Waals surface area contributed by atoms with E-state index in [0.717, 1.165) is 12.2 Å². The van der Waals surface area contributed by atoms with Crippen LogP contribution in [0.1, 0.15) is 67.8 Å². The van der Waals surface area contributed by atoms with Gasteiger partial charge in [-0.15, -0.1) is 0 Å². The SMILES string of the molecule is CCCCCCCCCOc1ccc(/C=N\NC(=O)c2ccccc2N)c(Cl)c1. The average molecular weight is 416 g/mol. The Morgan fingerprint density at radius 3 is 2.55 bits per heavy atom. The van der Waals surface area contributed by atoms with Crippen LogP contribution in [0.4, 0.5) is 5.69 Å². The van der Waals surface area contributed by atoms with E-state index in [1.54, 1.807) is 30.3 Å². The standard InChI is InChI=1S/C23H30ClN3O2/c1-2-3-4-5-6-7-10-15-29-19-14-13-18(21(24)16-19)17-26-27-23(28)20-11-8-9-12-22(20)25/h8-9,11-14,16-17H,2-7,10,15,25H2,1H3,(H,27,28)/b26-17-. The van der Waals surface area contributed by atoms with E-state index in [-0.39, 0.29) is 5.91 Å². The fourth-order valence-corrected chi connectivity index (χ4v) is 3.10. The van der Waals surface area contributed by atoms with Gasteiger partial charge in [-0.1, -0.05) is 69.2 Å². The molecular formula is C23H30ClN3O2. The van der Waals surface area contributed by atoms with Crippen molar-refractivity contribution >= 4 is 29.4 Å². The number of hydrogen-bond acceptors (Lipinski definition) is 4. The van der Waals surface area contributed by atoms with E-state index < -0.39 is 0 Å². The molecule has 0 bridgehead atoms. The lowest BCUT2D eigenvalue weighted by Gasteiger charge is -2.08. The summed E-state index contributed by atoms with van der Waals surface area (Å²) in [5.41, 5.74) is 9.71. The molecule has 0 spiro atoms. The largest absolute Gasteiger partial charge is 0.494 e. The van der Waals surface area contributed by atoms with Crippen LogP contribution < -0.4 is 15.9 Å². The second kappa shape index (κ2) is 12.8. The van der Waals surface area contributed by atoms with Crippen LogP contribution >= 0.6 is 11.6 Å². The van der Waals surface area contributed by atoms with E-state index >= 15 is 0 Å². The van der Waals surface area contributed by atoms with Gasteiger partial charge in [0.1, 0.15) is 5.75 Å². The Hall–Kier alpha value is -2.53. The van der Waals surface area contributed by atoms with Crippen LogP contribution in [0.2, 0.25) is 5.02 Å². The van der Waals surface area contributed by atoms with Crippen LogP contribution in [0.3, 0.4) is 0 Å². The number of para-hydroxylation sites is 1. The van der Waals surface area contributed by atoms with E-state index in [1.807, 2.05) is 12.1 Å². The van der Waals surface area contributed by atoms with Crippen molar-refractivity contribution in [1.82, 2.24) is 5.43 Å². The first-order valence-electron chi connectivity index (χ1n) is 10.2. The summed E-state index contributed by atoms with van der Waals surface area (Å²) >= 11 is 6.29. The maximum atomic E-state index is 12.1. The molecule has 1 amide bonds. The van der Waals surface area contributed by atoms with Crippen molar-refractivity contribution in [2.75, 3.05) is 12.3 Å². The minimum Gasteiger partial charge on any atom is -0.494 e. The molecule has 0 aliphatic heterocycles. The highest BCUT2D eigenvalue weighted by Gasteiger charge is 2.07. The molecule has 2 aromatic carbocycles. The molecule has 2 aromatic rings. The zero-order valence-corrected chi connectivity index (χ0v) is 17.8. The predicted molar refractivity (Wildman–Crippen MR) is 121 cm³/mol. The molecule has 0 aromatic heterocycles. The summed E-state index contributed by atoms with van der Waals surface area (Å²) in [6.45, 7) is 2.92. The van der Waals surface area contributed by atoms with Crippen molar-refractivity contribution in [2.24, 2.45) is 5.10 Å². The molecule has 0 fully saturated rings. The highest BCUT2D eigenvalue weighted by molar-refractivity contribution is 6.33. The Labute approximate surface area is 178 Å². The van der Waals surface area contributed by atoms with Gasteiger partial charge >= 0.3 is 0 Å². The van der Waals surface area contributed by atoms with Gasteiger partial charge in [-0.3, -0.25) is 4.79 Å². The lowest BCUT2D eigenvalue weighted by atomic mass is 10.1. The van der Waals surface area contributed by atoms with Gasteiger partial charge in [-0.2, -0.15) is 5.10 Å². The minimum absolute atomic E-state index is 0.370. The zero-order chi connectivity index (χ0) is 20.9. The number of carbonyl (C=O) groups excluding carboxylic acids is 1. The van der Waals surface area contributed by atoms with Gasteiger partial charge in [0.05, 0.1) is 23.4 Å². The highest BCUT2D eigenvalue weighted by Crippen LogP contribution is 2.22. The third-order valence-corrected chi connectivity index (χ3v) is 4.89.